The molecule has 4 nitrogen and oxygen atoms in total. The summed E-state index contributed by atoms with van der Waals surface area (Å²) in [6, 6.07) is 7.66. The van der Waals surface area contributed by atoms with E-state index in [2.05, 4.69) is 37.1 Å². The number of para-hydroxylation sites is 1. The first-order chi connectivity index (χ1) is 14.9. The second kappa shape index (κ2) is 13.4. The highest BCUT2D eigenvalue weighted by Gasteiger charge is 2.35. The van der Waals surface area contributed by atoms with Crippen molar-refractivity contribution in [3.63, 3.8) is 0 Å². The topological polar surface area (TPSA) is 58.2 Å². The Morgan fingerprint density at radius 2 is 1.74 bits per heavy atom. The van der Waals surface area contributed by atoms with Crippen LogP contribution in [0.25, 0.3) is 0 Å². The minimum atomic E-state index is -0.949. The maximum absolute atomic E-state index is 13.1. The average Bonchev–Trinajstić information content (AvgIpc) is 2.76. The van der Waals surface area contributed by atoms with Crippen LogP contribution in [0, 0.1) is 5.92 Å². The minimum Gasteiger partial charge on any atom is -0.356 e. The molecule has 1 aromatic carbocycles. The highest BCUT2D eigenvalue weighted by Crippen LogP contribution is 2.32. The van der Waals surface area contributed by atoms with Crippen LogP contribution in [-0.2, 0) is 9.59 Å². The summed E-state index contributed by atoms with van der Waals surface area (Å²) in [6.45, 7) is 4.82. The Bertz CT molecular complexity index is 713. The Morgan fingerprint density at radius 1 is 1.13 bits per heavy atom. The second-order valence-corrected chi connectivity index (χ2v) is 10.4. The maximum Gasteiger partial charge on any atom is 0.241 e. The summed E-state index contributed by atoms with van der Waals surface area (Å²) >= 11 is 10.8. The molecule has 0 aromatic heterocycles. The van der Waals surface area contributed by atoms with Gasteiger partial charge in [0.25, 0.3) is 0 Å². The van der Waals surface area contributed by atoms with Gasteiger partial charge in [0.1, 0.15) is 4.75 Å². The zero-order valence-electron chi connectivity index (χ0n) is 19.1. The van der Waals surface area contributed by atoms with Crippen molar-refractivity contribution in [1.29, 1.82) is 0 Å². The first kappa shape index (κ1) is 26.1. The van der Waals surface area contributed by atoms with Crippen LogP contribution >= 0.6 is 24.2 Å². The molecule has 174 valence electrons. The normalized spacial score (nSPS) is 21.2. The molecule has 1 saturated heterocycles. The number of halogens is 1. The largest absolute Gasteiger partial charge is 0.356 e. The lowest BCUT2D eigenvalue weighted by molar-refractivity contribution is -0.123. The quantitative estimate of drug-likeness (QED) is 0.340. The van der Waals surface area contributed by atoms with Crippen molar-refractivity contribution >= 4 is 41.7 Å². The zero-order chi connectivity index (χ0) is 22.7. The molecule has 6 heteroatoms. The molecule has 2 amide bonds. The smallest absolute Gasteiger partial charge is 0.241 e. The van der Waals surface area contributed by atoms with Gasteiger partial charge in [-0.15, -0.1) is 11.6 Å². The molecule has 31 heavy (non-hydrogen) atoms. The van der Waals surface area contributed by atoms with Crippen molar-refractivity contribution in [3.05, 3.63) is 29.8 Å². The van der Waals surface area contributed by atoms with Crippen molar-refractivity contribution in [2.24, 2.45) is 5.92 Å². The van der Waals surface area contributed by atoms with E-state index in [0.717, 1.165) is 37.7 Å². The number of benzene rings is 1. The van der Waals surface area contributed by atoms with Crippen LogP contribution in [-0.4, -0.2) is 29.0 Å². The van der Waals surface area contributed by atoms with E-state index in [1.807, 2.05) is 24.3 Å². The maximum atomic E-state index is 13.1. The second-order valence-electron chi connectivity index (χ2n) is 9.27. The molecular weight excluding hydrogens is 428 g/mol. The van der Waals surface area contributed by atoms with E-state index in [-0.39, 0.29) is 23.6 Å². The average molecular weight is 467 g/mol. The van der Waals surface area contributed by atoms with Gasteiger partial charge in [-0.3, -0.25) is 9.59 Å². The molecule has 0 spiro atoms. The summed E-state index contributed by atoms with van der Waals surface area (Å²) in [5.74, 6) is -0.00706. The highest BCUT2D eigenvalue weighted by atomic mass is 35.5. The fourth-order valence-electron chi connectivity index (χ4n) is 4.33. The van der Waals surface area contributed by atoms with E-state index < -0.39 is 4.75 Å². The molecule has 1 heterocycles. The molecule has 0 saturated carbocycles. The number of hydrogen-bond acceptors (Lipinski definition) is 3. The summed E-state index contributed by atoms with van der Waals surface area (Å²) in [5.41, 5.74) is 1.56. The van der Waals surface area contributed by atoms with Crippen LogP contribution in [0.3, 0.4) is 0 Å². The molecular formula is C25H39ClN2O2S. The van der Waals surface area contributed by atoms with Crippen molar-refractivity contribution in [1.82, 2.24) is 5.32 Å². The Balaban J connectivity index is 2.22. The number of anilines is 1. The number of carbonyl (C=O) groups excluding carboxylic acids is 2. The first-order valence-corrected chi connectivity index (χ1v) is 12.8. The number of amides is 2. The van der Waals surface area contributed by atoms with E-state index in [1.165, 1.54) is 25.7 Å². The Hall–Kier alpha value is -1.20. The number of thiol groups is 1. The molecule has 2 N–H and O–H groups in total. The van der Waals surface area contributed by atoms with Gasteiger partial charge in [0, 0.05) is 18.1 Å². The Kier molecular flexibility index (Phi) is 11.2. The highest BCUT2D eigenvalue weighted by molar-refractivity contribution is 7.83. The summed E-state index contributed by atoms with van der Waals surface area (Å²) in [7, 11) is 0. The fraction of sp³-hybridized carbons (Fsp3) is 0.680. The number of carbonyl (C=O) groups is 2. The van der Waals surface area contributed by atoms with E-state index in [0.29, 0.717) is 24.6 Å². The van der Waals surface area contributed by atoms with Crippen molar-refractivity contribution in [3.8, 4) is 0 Å². The monoisotopic (exact) mass is 466 g/mol. The third-order valence-electron chi connectivity index (χ3n) is 6.01. The van der Waals surface area contributed by atoms with Gasteiger partial charge in [-0.25, -0.2) is 0 Å². The predicted octanol–water partition coefficient (Wildman–Crippen LogP) is 6.30. The van der Waals surface area contributed by atoms with Gasteiger partial charge in [-0.2, -0.15) is 12.6 Å². The van der Waals surface area contributed by atoms with E-state index in [9.17, 15) is 9.59 Å². The third kappa shape index (κ3) is 8.34. The summed E-state index contributed by atoms with van der Waals surface area (Å²) in [5, 5.41) is 6.17. The SMILES string of the molecule is CC(C)CC(S)(CCl)C(=O)Nc1ccccc1C1CCCCCCCCCCNC1=O. The lowest BCUT2D eigenvalue weighted by atomic mass is 9.90. The van der Waals surface area contributed by atoms with Crippen LogP contribution in [0.2, 0.25) is 0 Å². The molecule has 0 bridgehead atoms. The van der Waals surface area contributed by atoms with Crippen molar-refractivity contribution in [2.75, 3.05) is 17.7 Å². The predicted molar refractivity (Wildman–Crippen MR) is 134 cm³/mol. The summed E-state index contributed by atoms with van der Waals surface area (Å²) < 4.78 is -0.949. The molecule has 1 fully saturated rings. The lowest BCUT2D eigenvalue weighted by Crippen LogP contribution is -2.41. The Labute approximate surface area is 198 Å². The number of hydrogen-bond donors (Lipinski definition) is 3. The van der Waals surface area contributed by atoms with Crippen molar-refractivity contribution in [2.45, 2.75) is 88.7 Å². The number of nitrogens with one attached hydrogen (secondary N) is 2. The van der Waals surface area contributed by atoms with Crippen molar-refractivity contribution < 1.29 is 9.59 Å². The minimum absolute atomic E-state index is 0.0533. The molecule has 2 rings (SSSR count). The van der Waals surface area contributed by atoms with E-state index in [1.54, 1.807) is 0 Å². The van der Waals surface area contributed by atoms with Gasteiger partial charge in [0.2, 0.25) is 11.8 Å². The number of rotatable bonds is 6. The van der Waals surface area contributed by atoms with Crippen LogP contribution in [0.5, 0.6) is 0 Å². The summed E-state index contributed by atoms with van der Waals surface area (Å²) in [4.78, 5) is 26.2. The van der Waals surface area contributed by atoms with Gasteiger partial charge in [-0.05, 0) is 36.8 Å². The third-order valence-corrected chi connectivity index (χ3v) is 7.20. The van der Waals surface area contributed by atoms with Crippen LogP contribution in [0.1, 0.15) is 89.5 Å². The van der Waals surface area contributed by atoms with Crippen LogP contribution in [0.15, 0.2) is 24.3 Å². The van der Waals surface area contributed by atoms with Gasteiger partial charge < -0.3 is 10.6 Å². The molecule has 1 aromatic rings. The van der Waals surface area contributed by atoms with Gasteiger partial charge >= 0.3 is 0 Å². The Morgan fingerprint density at radius 3 is 2.39 bits per heavy atom. The zero-order valence-corrected chi connectivity index (χ0v) is 20.7. The standard InChI is InChI=1S/C25H39ClN2O2S/c1-19(2)17-25(31,18-26)24(30)28-22-15-11-10-13-20(22)21-14-9-7-5-3-4-6-8-12-16-27-23(21)29/h10-11,13,15,19,21,31H,3-9,12,14,16-18H2,1-2H3,(H,27,29)(H,28,30). The number of alkyl halides is 1. The van der Waals surface area contributed by atoms with E-state index >= 15 is 0 Å². The molecule has 0 aliphatic carbocycles. The van der Waals surface area contributed by atoms with Crippen LogP contribution < -0.4 is 10.6 Å². The van der Waals surface area contributed by atoms with Gasteiger partial charge in [0.15, 0.2) is 0 Å². The first-order valence-electron chi connectivity index (χ1n) is 11.8. The lowest BCUT2D eigenvalue weighted by Gasteiger charge is -2.28. The van der Waals surface area contributed by atoms with Gasteiger partial charge in [-0.1, -0.05) is 77.0 Å². The molecule has 0 radical (unpaired) electrons. The van der Waals surface area contributed by atoms with Crippen LogP contribution in [0.4, 0.5) is 5.69 Å². The summed E-state index contributed by atoms with van der Waals surface area (Å²) in [6.07, 6.45) is 10.7. The molecule has 1 aliphatic heterocycles. The van der Waals surface area contributed by atoms with Gasteiger partial charge in [0.05, 0.1) is 5.92 Å². The molecule has 1 aliphatic rings. The molecule has 2 atom stereocenters. The molecule has 2 unspecified atom stereocenters. The fourth-order valence-corrected chi connectivity index (χ4v) is 4.98. The van der Waals surface area contributed by atoms with E-state index in [4.69, 9.17) is 11.6 Å².